The number of urea groups is 1. The molecule has 7 nitrogen and oxygen atoms in total. The Hall–Kier alpha value is -2.00. The molecule has 0 saturated carbocycles. The van der Waals surface area contributed by atoms with E-state index in [4.69, 9.17) is 5.11 Å². The third-order valence-corrected chi connectivity index (χ3v) is 2.65. The van der Waals surface area contributed by atoms with Crippen molar-refractivity contribution in [3.63, 3.8) is 0 Å². The van der Waals surface area contributed by atoms with E-state index in [1.807, 2.05) is 0 Å². The molecule has 0 aromatic heterocycles. The van der Waals surface area contributed by atoms with E-state index < -0.39 is 29.6 Å². The molecule has 20 heavy (non-hydrogen) atoms. The van der Waals surface area contributed by atoms with E-state index in [1.54, 1.807) is 0 Å². The van der Waals surface area contributed by atoms with E-state index in [9.17, 15) is 27.6 Å². The summed E-state index contributed by atoms with van der Waals surface area (Å²) in [5.41, 5.74) is -3.40. The van der Waals surface area contributed by atoms with Crippen LogP contribution in [0, 0.1) is 0 Å². The van der Waals surface area contributed by atoms with Gasteiger partial charge in [-0.1, -0.05) is 0 Å². The summed E-state index contributed by atoms with van der Waals surface area (Å²) < 4.78 is 38.0. The highest BCUT2D eigenvalue weighted by Gasteiger charge is 2.58. The Morgan fingerprint density at radius 2 is 1.75 bits per heavy atom. The molecule has 0 spiro atoms. The minimum absolute atomic E-state index is 0.115. The van der Waals surface area contributed by atoms with Gasteiger partial charge in [-0.25, -0.2) is 9.59 Å². The molecule has 0 bridgehead atoms. The zero-order valence-corrected chi connectivity index (χ0v) is 11.2. The normalized spacial score (nSPS) is 14.1. The zero-order valence-electron chi connectivity index (χ0n) is 11.2. The molecule has 0 heterocycles. The minimum Gasteiger partial charge on any atom is -0.479 e. The van der Waals surface area contributed by atoms with Crippen LogP contribution in [0.3, 0.4) is 0 Å². The SMILES string of the molecule is CNC(=O)CCN(C)C(=O)NC(C)(C(=O)O)C(F)(F)F. The highest BCUT2D eigenvalue weighted by molar-refractivity contribution is 5.87. The van der Waals surface area contributed by atoms with Gasteiger partial charge in [-0.05, 0) is 6.92 Å². The zero-order chi connectivity index (χ0) is 16.1. The first-order valence-electron chi connectivity index (χ1n) is 5.49. The number of hydrogen-bond donors (Lipinski definition) is 3. The largest absolute Gasteiger partial charge is 0.479 e. The lowest BCUT2D eigenvalue weighted by Gasteiger charge is -2.30. The molecule has 0 aromatic rings. The molecule has 1 atom stereocenters. The second kappa shape index (κ2) is 6.44. The van der Waals surface area contributed by atoms with Crippen molar-refractivity contribution >= 4 is 17.9 Å². The van der Waals surface area contributed by atoms with Gasteiger partial charge in [-0.15, -0.1) is 0 Å². The first-order valence-corrected chi connectivity index (χ1v) is 5.49. The van der Waals surface area contributed by atoms with Crippen molar-refractivity contribution in [3.05, 3.63) is 0 Å². The number of aliphatic carboxylic acids is 1. The van der Waals surface area contributed by atoms with Gasteiger partial charge in [-0.3, -0.25) is 4.79 Å². The number of nitrogens with one attached hydrogen (secondary N) is 2. The Labute approximate surface area is 113 Å². The fourth-order valence-electron chi connectivity index (χ4n) is 1.05. The molecule has 1 unspecified atom stereocenters. The molecule has 0 rings (SSSR count). The van der Waals surface area contributed by atoms with Gasteiger partial charge in [0.2, 0.25) is 11.4 Å². The third-order valence-electron chi connectivity index (χ3n) is 2.65. The van der Waals surface area contributed by atoms with Crippen LogP contribution in [0.5, 0.6) is 0 Å². The van der Waals surface area contributed by atoms with Crippen LogP contribution in [-0.2, 0) is 9.59 Å². The maximum absolute atomic E-state index is 12.7. The lowest BCUT2D eigenvalue weighted by molar-refractivity contribution is -0.203. The molecule has 0 aliphatic heterocycles. The first-order chi connectivity index (χ1) is 8.95. The standard InChI is InChI=1S/C10H16F3N3O4/c1-9(7(18)19,10(11,12)13)15-8(20)16(3)5-4-6(17)14-2/h4-5H2,1-3H3,(H,14,17)(H,15,20)(H,18,19). The van der Waals surface area contributed by atoms with Gasteiger partial charge in [0.1, 0.15) is 0 Å². The van der Waals surface area contributed by atoms with Crippen LogP contribution in [0.15, 0.2) is 0 Å². The summed E-state index contributed by atoms with van der Waals surface area (Å²) in [5.74, 6) is -2.63. The number of alkyl halides is 3. The Morgan fingerprint density at radius 3 is 2.10 bits per heavy atom. The summed E-state index contributed by atoms with van der Waals surface area (Å²) in [6.07, 6.45) is -5.27. The van der Waals surface area contributed by atoms with Crippen LogP contribution < -0.4 is 10.6 Å². The number of amides is 3. The van der Waals surface area contributed by atoms with E-state index in [2.05, 4.69) is 5.32 Å². The van der Waals surface area contributed by atoms with Gasteiger partial charge in [-0.2, -0.15) is 13.2 Å². The first kappa shape index (κ1) is 18.0. The maximum atomic E-state index is 12.7. The van der Waals surface area contributed by atoms with E-state index in [0.717, 1.165) is 11.9 Å². The third kappa shape index (κ3) is 4.28. The number of nitrogens with zero attached hydrogens (tertiary/aromatic N) is 1. The van der Waals surface area contributed by atoms with Gasteiger partial charge in [0, 0.05) is 27.1 Å². The molecular formula is C10H16F3N3O4. The van der Waals surface area contributed by atoms with E-state index in [-0.39, 0.29) is 13.0 Å². The number of carbonyl (C=O) groups excluding carboxylic acids is 2. The van der Waals surface area contributed by atoms with Crippen molar-refractivity contribution in [2.24, 2.45) is 0 Å². The van der Waals surface area contributed by atoms with Crippen molar-refractivity contribution in [1.82, 2.24) is 15.5 Å². The highest BCUT2D eigenvalue weighted by Crippen LogP contribution is 2.30. The summed E-state index contributed by atoms with van der Waals surface area (Å²) in [7, 11) is 2.52. The van der Waals surface area contributed by atoms with Crippen molar-refractivity contribution in [1.29, 1.82) is 0 Å². The molecule has 0 fully saturated rings. The molecule has 3 amide bonds. The van der Waals surface area contributed by atoms with Gasteiger partial charge in [0.25, 0.3) is 0 Å². The monoisotopic (exact) mass is 299 g/mol. The second-order valence-electron chi connectivity index (χ2n) is 4.20. The van der Waals surface area contributed by atoms with Crippen LogP contribution >= 0.6 is 0 Å². The van der Waals surface area contributed by atoms with Gasteiger partial charge in [0.15, 0.2) is 0 Å². The number of carboxylic acid groups (broad SMARTS) is 1. The van der Waals surface area contributed by atoms with Crippen molar-refractivity contribution in [2.45, 2.75) is 25.1 Å². The van der Waals surface area contributed by atoms with Crippen LogP contribution in [0.25, 0.3) is 0 Å². The van der Waals surface area contributed by atoms with Gasteiger partial charge in [0.05, 0.1) is 0 Å². The predicted octanol–water partition coefficient (Wildman–Crippen LogP) is 0.170. The van der Waals surface area contributed by atoms with Crippen LogP contribution in [0.2, 0.25) is 0 Å². The molecule has 0 saturated heterocycles. The Balaban J connectivity index is 4.79. The summed E-state index contributed by atoms with van der Waals surface area (Å²) >= 11 is 0. The van der Waals surface area contributed by atoms with Gasteiger partial charge < -0.3 is 20.6 Å². The van der Waals surface area contributed by atoms with Crippen LogP contribution in [-0.4, -0.2) is 60.3 Å². The number of carboxylic acids is 1. The lowest BCUT2D eigenvalue weighted by Crippen LogP contribution is -2.63. The Morgan fingerprint density at radius 1 is 1.25 bits per heavy atom. The second-order valence-corrected chi connectivity index (χ2v) is 4.20. The summed E-state index contributed by atoms with van der Waals surface area (Å²) in [6, 6.07) is -1.24. The van der Waals surface area contributed by atoms with Gasteiger partial charge >= 0.3 is 18.2 Å². The summed E-state index contributed by atoms with van der Waals surface area (Å²) in [4.78, 5) is 34.0. The predicted molar refractivity (Wildman–Crippen MR) is 61.9 cm³/mol. The fraction of sp³-hybridized carbons (Fsp3) is 0.700. The summed E-state index contributed by atoms with van der Waals surface area (Å²) in [5, 5.41) is 12.3. The van der Waals surface area contributed by atoms with E-state index in [1.165, 1.54) is 12.4 Å². The van der Waals surface area contributed by atoms with Crippen molar-refractivity contribution in [3.8, 4) is 0 Å². The maximum Gasteiger partial charge on any atom is 0.422 e. The topological polar surface area (TPSA) is 98.7 Å². The molecule has 0 aliphatic carbocycles. The van der Waals surface area contributed by atoms with Crippen molar-refractivity contribution < 1.29 is 32.7 Å². The Bertz CT molecular complexity index is 400. The Kier molecular flexibility index (Phi) is 5.79. The fourth-order valence-corrected chi connectivity index (χ4v) is 1.05. The minimum atomic E-state index is -5.16. The van der Waals surface area contributed by atoms with Crippen LogP contribution in [0.1, 0.15) is 13.3 Å². The molecule has 3 N–H and O–H groups in total. The summed E-state index contributed by atoms with van der Waals surface area (Å²) in [6.45, 7) is 0.193. The number of rotatable bonds is 5. The van der Waals surface area contributed by atoms with E-state index >= 15 is 0 Å². The number of carbonyl (C=O) groups is 3. The molecule has 116 valence electrons. The molecule has 10 heteroatoms. The number of halogens is 3. The lowest BCUT2D eigenvalue weighted by atomic mass is 10.0. The quantitative estimate of drug-likeness (QED) is 0.674. The average molecular weight is 299 g/mol. The number of hydrogen-bond acceptors (Lipinski definition) is 3. The molecule has 0 aromatic carbocycles. The smallest absolute Gasteiger partial charge is 0.422 e. The molecular weight excluding hydrogens is 283 g/mol. The highest BCUT2D eigenvalue weighted by atomic mass is 19.4. The van der Waals surface area contributed by atoms with Crippen LogP contribution in [0.4, 0.5) is 18.0 Å². The van der Waals surface area contributed by atoms with E-state index in [0.29, 0.717) is 6.92 Å². The molecule has 0 aliphatic rings. The molecule has 0 radical (unpaired) electrons. The average Bonchev–Trinajstić information content (AvgIpc) is 2.33. The van der Waals surface area contributed by atoms with Crippen molar-refractivity contribution in [2.75, 3.05) is 20.6 Å².